The van der Waals surface area contributed by atoms with Gasteiger partial charge in [-0.25, -0.2) is 0 Å². The molecule has 0 bridgehead atoms. The fourth-order valence-corrected chi connectivity index (χ4v) is 2.53. The van der Waals surface area contributed by atoms with Crippen LogP contribution in [0.15, 0.2) is 48.5 Å². The summed E-state index contributed by atoms with van der Waals surface area (Å²) in [5.41, 5.74) is 3.16. The van der Waals surface area contributed by atoms with Gasteiger partial charge in [-0.15, -0.1) is 0 Å². The minimum atomic E-state index is -0.247. The summed E-state index contributed by atoms with van der Waals surface area (Å²) in [4.78, 5) is 24.1. The topological polar surface area (TPSA) is 67.4 Å². The maximum atomic E-state index is 12.1. The second-order valence-corrected chi connectivity index (χ2v) is 6.39. The Morgan fingerprint density at radius 3 is 2.50 bits per heavy atom. The Bertz CT molecular complexity index is 837. The standard InChI is InChI=1S/C21H22N2O3/c1-14-3-11-19(26-2)16(13-14)6-12-20(24)22-17-7-4-15(5-8-17)21(25)23-18-9-10-18/h3-8,11-13,18H,9-10H2,1-2H3,(H,22,24)(H,23,25)/b12-6+. The largest absolute Gasteiger partial charge is 0.496 e. The molecule has 2 amide bonds. The number of carbonyl (C=O) groups is 2. The highest BCUT2D eigenvalue weighted by Gasteiger charge is 2.23. The van der Waals surface area contributed by atoms with Crippen LogP contribution in [0, 0.1) is 6.92 Å². The fraction of sp³-hybridized carbons (Fsp3) is 0.238. The van der Waals surface area contributed by atoms with E-state index in [2.05, 4.69) is 10.6 Å². The van der Waals surface area contributed by atoms with Crippen LogP contribution in [0.25, 0.3) is 6.08 Å². The molecule has 0 unspecified atom stereocenters. The van der Waals surface area contributed by atoms with E-state index in [0.29, 0.717) is 23.0 Å². The predicted molar refractivity (Wildman–Crippen MR) is 102 cm³/mol. The Morgan fingerprint density at radius 1 is 1.12 bits per heavy atom. The quantitative estimate of drug-likeness (QED) is 0.783. The highest BCUT2D eigenvalue weighted by atomic mass is 16.5. The molecule has 134 valence electrons. The van der Waals surface area contributed by atoms with Gasteiger partial charge in [-0.3, -0.25) is 9.59 Å². The van der Waals surface area contributed by atoms with Crippen molar-refractivity contribution >= 4 is 23.6 Å². The third-order valence-electron chi connectivity index (χ3n) is 4.13. The first-order valence-electron chi connectivity index (χ1n) is 8.60. The SMILES string of the molecule is COc1ccc(C)cc1/C=C/C(=O)Nc1ccc(C(=O)NC2CC2)cc1. The molecule has 26 heavy (non-hydrogen) atoms. The first-order valence-corrected chi connectivity index (χ1v) is 8.60. The maximum absolute atomic E-state index is 12.1. The number of methoxy groups -OCH3 is 1. The van der Waals surface area contributed by atoms with Crippen molar-refractivity contribution in [2.24, 2.45) is 0 Å². The summed E-state index contributed by atoms with van der Waals surface area (Å²) >= 11 is 0. The number of aryl methyl sites for hydroxylation is 1. The zero-order valence-corrected chi connectivity index (χ0v) is 14.9. The van der Waals surface area contributed by atoms with Crippen molar-refractivity contribution in [2.45, 2.75) is 25.8 Å². The Labute approximate surface area is 153 Å². The number of benzene rings is 2. The van der Waals surface area contributed by atoms with Gasteiger partial charge < -0.3 is 15.4 Å². The number of hydrogen-bond acceptors (Lipinski definition) is 3. The molecule has 1 aliphatic rings. The van der Waals surface area contributed by atoms with Gasteiger partial charge in [0.05, 0.1) is 7.11 Å². The maximum Gasteiger partial charge on any atom is 0.251 e. The highest BCUT2D eigenvalue weighted by molar-refractivity contribution is 6.02. The Balaban J connectivity index is 1.61. The highest BCUT2D eigenvalue weighted by Crippen LogP contribution is 2.21. The molecule has 1 aliphatic carbocycles. The van der Waals surface area contributed by atoms with Crippen LogP contribution in [0.5, 0.6) is 5.75 Å². The lowest BCUT2D eigenvalue weighted by molar-refractivity contribution is -0.111. The Hall–Kier alpha value is -3.08. The van der Waals surface area contributed by atoms with Gasteiger partial charge in [-0.05, 0) is 62.2 Å². The zero-order chi connectivity index (χ0) is 18.5. The minimum Gasteiger partial charge on any atom is -0.496 e. The van der Waals surface area contributed by atoms with E-state index in [4.69, 9.17) is 4.74 Å². The summed E-state index contributed by atoms with van der Waals surface area (Å²) in [7, 11) is 1.60. The van der Waals surface area contributed by atoms with Crippen LogP contribution in [-0.2, 0) is 4.79 Å². The molecular formula is C21H22N2O3. The van der Waals surface area contributed by atoms with E-state index in [1.54, 1.807) is 37.5 Å². The van der Waals surface area contributed by atoms with Crippen LogP contribution < -0.4 is 15.4 Å². The molecule has 0 heterocycles. The second-order valence-electron chi connectivity index (χ2n) is 6.39. The average Bonchev–Trinajstić information content (AvgIpc) is 3.44. The number of anilines is 1. The molecule has 3 rings (SSSR count). The van der Waals surface area contributed by atoms with Gasteiger partial charge in [-0.2, -0.15) is 0 Å². The monoisotopic (exact) mass is 350 g/mol. The van der Waals surface area contributed by atoms with Gasteiger partial charge in [0, 0.05) is 28.9 Å². The summed E-state index contributed by atoms with van der Waals surface area (Å²) in [6, 6.07) is 13.0. The number of amides is 2. The Kier molecular flexibility index (Phi) is 5.37. The summed E-state index contributed by atoms with van der Waals surface area (Å²) in [6.07, 6.45) is 5.29. The molecule has 0 atom stereocenters. The van der Waals surface area contributed by atoms with E-state index in [-0.39, 0.29) is 11.8 Å². The number of nitrogens with one attached hydrogen (secondary N) is 2. The van der Waals surface area contributed by atoms with Crippen molar-refractivity contribution in [3.8, 4) is 5.75 Å². The van der Waals surface area contributed by atoms with E-state index in [1.165, 1.54) is 6.08 Å². The van der Waals surface area contributed by atoms with Gasteiger partial charge in [-0.1, -0.05) is 11.6 Å². The first kappa shape index (κ1) is 17.7. The van der Waals surface area contributed by atoms with Gasteiger partial charge in [0.2, 0.25) is 5.91 Å². The van der Waals surface area contributed by atoms with Gasteiger partial charge in [0.15, 0.2) is 0 Å². The van der Waals surface area contributed by atoms with E-state index >= 15 is 0 Å². The first-order chi connectivity index (χ1) is 12.5. The van der Waals surface area contributed by atoms with Crippen molar-refractivity contribution in [1.29, 1.82) is 0 Å². The molecule has 2 aromatic carbocycles. The summed E-state index contributed by atoms with van der Waals surface area (Å²) < 4.78 is 5.30. The molecule has 5 nitrogen and oxygen atoms in total. The lowest BCUT2D eigenvalue weighted by Crippen LogP contribution is -2.25. The van der Waals surface area contributed by atoms with Crippen LogP contribution in [0.3, 0.4) is 0 Å². The molecule has 0 aliphatic heterocycles. The van der Waals surface area contributed by atoms with Crippen LogP contribution >= 0.6 is 0 Å². The van der Waals surface area contributed by atoms with Crippen LogP contribution in [0.2, 0.25) is 0 Å². The molecule has 5 heteroatoms. The van der Waals surface area contributed by atoms with Crippen LogP contribution in [0.4, 0.5) is 5.69 Å². The normalized spacial score (nSPS) is 13.5. The molecule has 2 aromatic rings. The molecule has 1 fully saturated rings. The second kappa shape index (κ2) is 7.87. The molecule has 0 radical (unpaired) electrons. The van der Waals surface area contributed by atoms with Crippen molar-refractivity contribution in [1.82, 2.24) is 5.32 Å². The summed E-state index contributed by atoms with van der Waals surface area (Å²) in [5, 5.41) is 5.72. The number of carbonyl (C=O) groups excluding carboxylic acids is 2. The molecule has 0 spiro atoms. The number of ether oxygens (including phenoxy) is 1. The molecule has 0 saturated heterocycles. The predicted octanol–water partition coefficient (Wildman–Crippen LogP) is 3.55. The van der Waals surface area contributed by atoms with Gasteiger partial charge >= 0.3 is 0 Å². The zero-order valence-electron chi connectivity index (χ0n) is 14.9. The van der Waals surface area contributed by atoms with E-state index in [1.807, 2.05) is 25.1 Å². The third kappa shape index (κ3) is 4.72. The molecule has 2 N–H and O–H groups in total. The van der Waals surface area contributed by atoms with E-state index in [0.717, 1.165) is 24.0 Å². The third-order valence-corrected chi connectivity index (χ3v) is 4.13. The Morgan fingerprint density at radius 2 is 1.85 bits per heavy atom. The summed E-state index contributed by atoms with van der Waals surface area (Å²) in [5.74, 6) is 0.395. The fourth-order valence-electron chi connectivity index (χ4n) is 2.53. The van der Waals surface area contributed by atoms with Crippen molar-refractivity contribution in [3.63, 3.8) is 0 Å². The van der Waals surface area contributed by atoms with E-state index < -0.39 is 0 Å². The van der Waals surface area contributed by atoms with E-state index in [9.17, 15) is 9.59 Å². The smallest absolute Gasteiger partial charge is 0.251 e. The van der Waals surface area contributed by atoms with Crippen LogP contribution in [0.1, 0.15) is 34.3 Å². The van der Waals surface area contributed by atoms with Crippen molar-refractivity contribution in [2.75, 3.05) is 12.4 Å². The average molecular weight is 350 g/mol. The van der Waals surface area contributed by atoms with Crippen LogP contribution in [-0.4, -0.2) is 25.0 Å². The number of rotatable bonds is 6. The molecule has 1 saturated carbocycles. The molecular weight excluding hydrogens is 328 g/mol. The lowest BCUT2D eigenvalue weighted by Gasteiger charge is -2.07. The molecule has 0 aromatic heterocycles. The van der Waals surface area contributed by atoms with Gasteiger partial charge in [0.25, 0.3) is 5.91 Å². The summed E-state index contributed by atoms with van der Waals surface area (Å²) in [6.45, 7) is 1.98. The lowest BCUT2D eigenvalue weighted by atomic mass is 10.1. The number of hydrogen-bond donors (Lipinski definition) is 2. The van der Waals surface area contributed by atoms with Gasteiger partial charge in [0.1, 0.15) is 5.75 Å². The van der Waals surface area contributed by atoms with Crippen molar-refractivity contribution in [3.05, 3.63) is 65.2 Å². The minimum absolute atomic E-state index is 0.0724. The van der Waals surface area contributed by atoms with Crippen molar-refractivity contribution < 1.29 is 14.3 Å².